The van der Waals surface area contributed by atoms with Crippen molar-refractivity contribution in [1.82, 2.24) is 4.90 Å². The third-order valence-corrected chi connectivity index (χ3v) is 3.45. The molecule has 106 valence electrons. The number of hydrogen-bond donors (Lipinski definition) is 1. The smallest absolute Gasteiger partial charge is 0.303 e. The van der Waals surface area contributed by atoms with Crippen LogP contribution in [0.25, 0.3) is 0 Å². The van der Waals surface area contributed by atoms with Crippen molar-refractivity contribution in [2.45, 2.75) is 38.1 Å². The fourth-order valence-corrected chi connectivity index (χ4v) is 2.50. The fraction of sp³-hybridized carbons (Fsp3) is 0.400. The van der Waals surface area contributed by atoms with Crippen LogP contribution in [0.1, 0.15) is 43.7 Å². The molecule has 1 N–H and O–H groups in total. The molecule has 0 spiro atoms. The van der Waals surface area contributed by atoms with Crippen molar-refractivity contribution in [3.05, 3.63) is 35.9 Å². The van der Waals surface area contributed by atoms with E-state index in [4.69, 9.17) is 5.11 Å². The summed E-state index contributed by atoms with van der Waals surface area (Å²) in [5.74, 6) is -1.34. The zero-order chi connectivity index (χ0) is 14.5. The van der Waals surface area contributed by atoms with Gasteiger partial charge in [-0.3, -0.25) is 19.3 Å². The molecule has 0 aliphatic carbocycles. The molecule has 1 saturated heterocycles. The summed E-state index contributed by atoms with van der Waals surface area (Å²) < 4.78 is 0. The Bertz CT molecular complexity index is 496. The minimum absolute atomic E-state index is 0.0728. The Labute approximate surface area is 117 Å². The first kappa shape index (κ1) is 14.2. The first-order valence-corrected chi connectivity index (χ1v) is 6.71. The highest BCUT2D eigenvalue weighted by Gasteiger charge is 2.33. The number of rotatable bonds is 5. The zero-order valence-electron chi connectivity index (χ0n) is 11.1. The Morgan fingerprint density at radius 1 is 1.15 bits per heavy atom. The second-order valence-electron chi connectivity index (χ2n) is 4.87. The summed E-state index contributed by atoms with van der Waals surface area (Å²) in [5, 5.41) is 8.85. The summed E-state index contributed by atoms with van der Waals surface area (Å²) in [6.07, 6.45) is 1.45. The molecule has 5 nitrogen and oxygen atoms in total. The molecule has 0 bridgehead atoms. The normalized spacial score (nSPS) is 17.1. The van der Waals surface area contributed by atoms with Crippen LogP contribution < -0.4 is 0 Å². The lowest BCUT2D eigenvalue weighted by atomic mass is 9.97. The summed E-state index contributed by atoms with van der Waals surface area (Å²) >= 11 is 0. The number of nitrogens with zero attached hydrogens (tertiary/aromatic N) is 1. The molecule has 0 radical (unpaired) electrons. The lowest BCUT2D eigenvalue weighted by molar-refractivity contribution is -0.152. The Balaban J connectivity index is 2.27. The molecule has 1 aromatic carbocycles. The highest BCUT2D eigenvalue weighted by atomic mass is 16.4. The third-order valence-electron chi connectivity index (χ3n) is 3.45. The molecule has 5 heteroatoms. The molecule has 1 aromatic rings. The van der Waals surface area contributed by atoms with Gasteiger partial charge in [0.05, 0.1) is 6.04 Å². The van der Waals surface area contributed by atoms with Crippen LogP contribution in [0.4, 0.5) is 0 Å². The number of aliphatic carboxylic acids is 1. The Morgan fingerprint density at radius 3 is 2.30 bits per heavy atom. The van der Waals surface area contributed by atoms with E-state index >= 15 is 0 Å². The van der Waals surface area contributed by atoms with Gasteiger partial charge >= 0.3 is 5.97 Å². The molecule has 1 fully saturated rings. The highest BCUT2D eigenvalue weighted by Crippen LogP contribution is 2.30. The first-order valence-electron chi connectivity index (χ1n) is 6.71. The van der Waals surface area contributed by atoms with Gasteiger partial charge in [-0.15, -0.1) is 0 Å². The van der Waals surface area contributed by atoms with Crippen LogP contribution in [0.15, 0.2) is 30.3 Å². The number of carbonyl (C=O) groups is 3. The van der Waals surface area contributed by atoms with E-state index in [2.05, 4.69) is 0 Å². The standard InChI is InChI=1S/C15H17NO4/c17-13-7-4-8-14(18)16(13)12(9-10-15(19)20)11-5-2-1-3-6-11/h1-3,5-6,12H,4,7-10H2,(H,19,20). The predicted molar refractivity (Wildman–Crippen MR) is 71.8 cm³/mol. The number of benzene rings is 1. The van der Waals surface area contributed by atoms with Gasteiger partial charge in [0.25, 0.3) is 0 Å². The van der Waals surface area contributed by atoms with Gasteiger partial charge in [-0.2, -0.15) is 0 Å². The van der Waals surface area contributed by atoms with Crippen molar-refractivity contribution in [2.75, 3.05) is 0 Å². The Morgan fingerprint density at radius 2 is 1.75 bits per heavy atom. The number of amides is 2. The van der Waals surface area contributed by atoms with Crippen molar-refractivity contribution in [3.63, 3.8) is 0 Å². The number of likely N-dealkylation sites (tertiary alicyclic amines) is 1. The van der Waals surface area contributed by atoms with E-state index in [-0.39, 0.29) is 24.7 Å². The molecule has 1 unspecified atom stereocenters. The average molecular weight is 275 g/mol. The first-order chi connectivity index (χ1) is 9.59. The van der Waals surface area contributed by atoms with Crippen molar-refractivity contribution < 1.29 is 19.5 Å². The minimum Gasteiger partial charge on any atom is -0.481 e. The largest absolute Gasteiger partial charge is 0.481 e. The van der Waals surface area contributed by atoms with Crippen LogP contribution in [0.2, 0.25) is 0 Å². The van der Waals surface area contributed by atoms with Crippen molar-refractivity contribution >= 4 is 17.8 Å². The summed E-state index contributed by atoms with van der Waals surface area (Å²) in [5.41, 5.74) is 0.803. The van der Waals surface area contributed by atoms with Gasteiger partial charge in [0, 0.05) is 19.3 Å². The molecule has 0 aromatic heterocycles. The molecule has 20 heavy (non-hydrogen) atoms. The Hall–Kier alpha value is -2.17. The average Bonchev–Trinajstić information content (AvgIpc) is 2.42. The molecule has 2 amide bonds. The zero-order valence-corrected chi connectivity index (χ0v) is 11.1. The van der Waals surface area contributed by atoms with Gasteiger partial charge in [-0.1, -0.05) is 30.3 Å². The summed E-state index contributed by atoms with van der Waals surface area (Å²) in [7, 11) is 0. The number of hydrogen-bond acceptors (Lipinski definition) is 3. The van der Waals surface area contributed by atoms with E-state index in [1.165, 1.54) is 4.90 Å². The molecule has 1 aliphatic rings. The molecular weight excluding hydrogens is 258 g/mol. The van der Waals surface area contributed by atoms with E-state index in [0.717, 1.165) is 5.56 Å². The number of carboxylic acids is 1. The lowest BCUT2D eigenvalue weighted by Gasteiger charge is -2.33. The maximum absolute atomic E-state index is 12.0. The molecule has 0 saturated carbocycles. The lowest BCUT2D eigenvalue weighted by Crippen LogP contribution is -2.42. The van der Waals surface area contributed by atoms with Gasteiger partial charge in [-0.05, 0) is 18.4 Å². The van der Waals surface area contributed by atoms with Gasteiger partial charge in [0.2, 0.25) is 11.8 Å². The number of imide groups is 1. The summed E-state index contributed by atoms with van der Waals surface area (Å²) in [4.78, 5) is 36.1. The van der Waals surface area contributed by atoms with E-state index in [1.54, 1.807) is 0 Å². The van der Waals surface area contributed by atoms with E-state index < -0.39 is 12.0 Å². The van der Waals surface area contributed by atoms with E-state index in [0.29, 0.717) is 19.3 Å². The number of carbonyl (C=O) groups excluding carboxylic acids is 2. The van der Waals surface area contributed by atoms with Crippen molar-refractivity contribution in [2.24, 2.45) is 0 Å². The van der Waals surface area contributed by atoms with Gasteiger partial charge in [-0.25, -0.2) is 0 Å². The molecule has 1 atom stereocenters. The van der Waals surface area contributed by atoms with Crippen LogP contribution in [0.5, 0.6) is 0 Å². The van der Waals surface area contributed by atoms with Gasteiger partial charge in [0.1, 0.15) is 0 Å². The third kappa shape index (κ3) is 3.23. The predicted octanol–water partition coefficient (Wildman–Crippen LogP) is 2.13. The second kappa shape index (κ2) is 6.32. The Kier molecular flexibility index (Phi) is 4.50. The molecular formula is C15H17NO4. The monoisotopic (exact) mass is 275 g/mol. The summed E-state index contributed by atoms with van der Waals surface area (Å²) in [6.45, 7) is 0. The quantitative estimate of drug-likeness (QED) is 0.835. The molecule has 2 rings (SSSR count). The van der Waals surface area contributed by atoms with Crippen LogP contribution >= 0.6 is 0 Å². The van der Waals surface area contributed by atoms with Gasteiger partial charge < -0.3 is 5.11 Å². The molecule has 1 aliphatic heterocycles. The van der Waals surface area contributed by atoms with Crippen molar-refractivity contribution in [3.8, 4) is 0 Å². The highest BCUT2D eigenvalue weighted by molar-refractivity contribution is 5.98. The van der Waals surface area contributed by atoms with Crippen LogP contribution in [-0.4, -0.2) is 27.8 Å². The fourth-order valence-electron chi connectivity index (χ4n) is 2.50. The number of piperidine rings is 1. The van der Waals surface area contributed by atoms with Crippen LogP contribution in [-0.2, 0) is 14.4 Å². The van der Waals surface area contributed by atoms with Crippen LogP contribution in [0, 0.1) is 0 Å². The van der Waals surface area contributed by atoms with E-state index in [1.807, 2.05) is 30.3 Å². The van der Waals surface area contributed by atoms with Gasteiger partial charge in [0.15, 0.2) is 0 Å². The van der Waals surface area contributed by atoms with Crippen molar-refractivity contribution in [1.29, 1.82) is 0 Å². The minimum atomic E-state index is -0.928. The number of carboxylic acid groups (broad SMARTS) is 1. The summed E-state index contributed by atoms with van der Waals surface area (Å²) in [6, 6.07) is 8.65. The molecule has 1 heterocycles. The maximum Gasteiger partial charge on any atom is 0.303 e. The maximum atomic E-state index is 12.0. The van der Waals surface area contributed by atoms with E-state index in [9.17, 15) is 14.4 Å². The topological polar surface area (TPSA) is 74.7 Å². The van der Waals surface area contributed by atoms with Crippen LogP contribution in [0.3, 0.4) is 0 Å². The second-order valence-corrected chi connectivity index (χ2v) is 4.87. The SMILES string of the molecule is O=C(O)CCC(c1ccccc1)N1C(=O)CCCC1=O.